The van der Waals surface area contributed by atoms with Crippen LogP contribution in [-0.4, -0.2) is 70.8 Å². The standard InChI is InChI=1S/C45H49N7O5/c1-44(2,3)56-42(53)50-20-10-14-35(50)39-46-25-32(48-39)28-17-19-34-30(22-28)23-37-31-18-16-29(24-38(31)55-41(52(34)37)27-12-8-7-9-13-27)33-26-47-40(49-33)36-15-11-21-51(36)43(54)57-45(4,5)6/h7-9,12-13,16-19,22-26,35-36,41H,10-11,14-15,20-21H2,1-6H3,(H,46,48)(H,47,49)/t35?,36?,41-/m0/s1. The minimum atomic E-state index is -0.569. The molecule has 6 heterocycles. The number of imidazole rings is 2. The van der Waals surface area contributed by atoms with E-state index in [9.17, 15) is 9.59 Å². The Morgan fingerprint density at radius 3 is 1.86 bits per heavy atom. The van der Waals surface area contributed by atoms with Crippen molar-refractivity contribution < 1.29 is 23.8 Å². The first-order valence-corrected chi connectivity index (χ1v) is 19.9. The van der Waals surface area contributed by atoms with E-state index in [1.54, 1.807) is 9.80 Å². The zero-order valence-corrected chi connectivity index (χ0v) is 33.3. The van der Waals surface area contributed by atoms with Crippen molar-refractivity contribution >= 4 is 23.1 Å². The monoisotopic (exact) mass is 767 g/mol. The zero-order valence-electron chi connectivity index (χ0n) is 33.3. The topological polar surface area (TPSA) is 131 Å². The molecule has 0 aliphatic carbocycles. The Morgan fingerprint density at radius 2 is 1.28 bits per heavy atom. The number of nitrogens with one attached hydrogen (secondary N) is 2. The number of aromatic amines is 2. The zero-order chi connectivity index (χ0) is 39.6. The molecule has 6 aromatic rings. The molecular formula is C45H49N7O5. The van der Waals surface area contributed by atoms with E-state index in [0.717, 1.165) is 93.3 Å². The molecular weight excluding hydrogens is 719 g/mol. The van der Waals surface area contributed by atoms with Crippen LogP contribution in [0.2, 0.25) is 0 Å². The minimum Gasteiger partial charge on any atom is -0.465 e. The highest BCUT2D eigenvalue weighted by Gasteiger charge is 2.37. The molecule has 2 unspecified atom stereocenters. The smallest absolute Gasteiger partial charge is 0.410 e. The first-order chi connectivity index (χ1) is 27.3. The van der Waals surface area contributed by atoms with E-state index >= 15 is 0 Å². The number of carbonyl (C=O) groups is 2. The van der Waals surface area contributed by atoms with Crippen molar-refractivity contribution in [3.05, 3.63) is 102 Å². The van der Waals surface area contributed by atoms with Crippen LogP contribution in [0.3, 0.4) is 0 Å². The molecule has 2 saturated heterocycles. The van der Waals surface area contributed by atoms with Gasteiger partial charge in [0, 0.05) is 40.7 Å². The third-order valence-electron chi connectivity index (χ3n) is 10.9. The molecule has 12 heteroatoms. The van der Waals surface area contributed by atoms with E-state index in [0.29, 0.717) is 13.1 Å². The van der Waals surface area contributed by atoms with Gasteiger partial charge in [-0.15, -0.1) is 0 Å². The molecule has 3 aromatic heterocycles. The Balaban J connectivity index is 1.03. The number of rotatable bonds is 5. The molecule has 0 radical (unpaired) electrons. The highest BCUT2D eigenvalue weighted by Crippen LogP contribution is 2.46. The summed E-state index contributed by atoms with van der Waals surface area (Å²) < 4.78 is 20.6. The van der Waals surface area contributed by atoms with Crippen LogP contribution >= 0.6 is 0 Å². The maximum absolute atomic E-state index is 13.0. The Bertz CT molecular complexity index is 2470. The summed E-state index contributed by atoms with van der Waals surface area (Å²) in [4.78, 5) is 46.1. The van der Waals surface area contributed by atoms with Crippen LogP contribution in [0.1, 0.15) is 103 Å². The minimum absolute atomic E-state index is 0.160. The van der Waals surface area contributed by atoms with E-state index in [1.807, 2.05) is 72.1 Å². The summed E-state index contributed by atoms with van der Waals surface area (Å²) in [5.41, 5.74) is 6.67. The average molecular weight is 768 g/mol. The lowest BCUT2D eigenvalue weighted by Crippen LogP contribution is -2.36. The molecule has 294 valence electrons. The molecule has 12 nitrogen and oxygen atoms in total. The molecule has 2 amide bonds. The number of benzene rings is 3. The van der Waals surface area contributed by atoms with Crippen molar-refractivity contribution in [2.75, 3.05) is 13.1 Å². The van der Waals surface area contributed by atoms with Gasteiger partial charge in [-0.05, 0) is 97.6 Å². The largest absolute Gasteiger partial charge is 0.465 e. The maximum atomic E-state index is 13.0. The number of fused-ring (bicyclic) bond motifs is 5. The summed E-state index contributed by atoms with van der Waals surface area (Å²) in [6.07, 6.45) is 6.10. The second-order valence-electron chi connectivity index (χ2n) is 17.3. The lowest BCUT2D eigenvalue weighted by Gasteiger charge is -2.30. The van der Waals surface area contributed by atoms with Gasteiger partial charge < -0.3 is 28.7 Å². The normalized spacial score (nSPS) is 19.4. The molecule has 3 aromatic carbocycles. The van der Waals surface area contributed by atoms with Crippen molar-refractivity contribution in [2.24, 2.45) is 0 Å². The Morgan fingerprint density at radius 1 is 0.719 bits per heavy atom. The average Bonchev–Trinajstić information content (AvgIpc) is 4.01. The van der Waals surface area contributed by atoms with Crippen LogP contribution in [0.25, 0.3) is 44.7 Å². The fourth-order valence-electron chi connectivity index (χ4n) is 8.36. The van der Waals surface area contributed by atoms with E-state index in [1.165, 1.54) is 0 Å². The molecule has 57 heavy (non-hydrogen) atoms. The van der Waals surface area contributed by atoms with Crippen molar-refractivity contribution in [3.63, 3.8) is 0 Å². The molecule has 0 spiro atoms. The van der Waals surface area contributed by atoms with Crippen molar-refractivity contribution in [1.29, 1.82) is 0 Å². The first kappa shape index (κ1) is 36.6. The summed E-state index contributed by atoms with van der Waals surface area (Å²) >= 11 is 0. The van der Waals surface area contributed by atoms with Gasteiger partial charge in [-0.1, -0.05) is 42.5 Å². The van der Waals surface area contributed by atoms with Gasteiger partial charge in [0.2, 0.25) is 6.23 Å². The number of hydrogen-bond donors (Lipinski definition) is 2. The van der Waals surface area contributed by atoms with E-state index < -0.39 is 17.4 Å². The highest BCUT2D eigenvalue weighted by atomic mass is 16.6. The van der Waals surface area contributed by atoms with Crippen molar-refractivity contribution in [3.8, 4) is 39.5 Å². The number of hydrogen-bond acceptors (Lipinski definition) is 7. The third kappa shape index (κ3) is 7.02. The SMILES string of the molecule is CC(C)(C)OC(=O)N1CCCC1c1ncc(-c2ccc3c(c2)O[C@@H](c2ccccc2)n2c-3cc3cc(-c4cnc(C5CCCN5C(=O)OC(C)(C)C)[nH]4)ccc32)[nH]1. The first-order valence-electron chi connectivity index (χ1n) is 19.9. The molecule has 0 bridgehead atoms. The molecule has 0 saturated carbocycles. The maximum Gasteiger partial charge on any atom is 0.410 e. The van der Waals surface area contributed by atoms with E-state index in [-0.39, 0.29) is 24.3 Å². The second-order valence-corrected chi connectivity index (χ2v) is 17.3. The molecule has 3 aliphatic heterocycles. The van der Waals surface area contributed by atoms with Crippen LogP contribution in [0, 0.1) is 0 Å². The predicted octanol–water partition coefficient (Wildman–Crippen LogP) is 10.2. The van der Waals surface area contributed by atoms with Gasteiger partial charge in [0.1, 0.15) is 28.6 Å². The Hall–Kier alpha value is -6.04. The highest BCUT2D eigenvalue weighted by molar-refractivity contribution is 5.92. The fourth-order valence-corrected chi connectivity index (χ4v) is 8.36. The summed E-state index contributed by atoms with van der Waals surface area (Å²) in [6, 6.07) is 24.9. The van der Waals surface area contributed by atoms with Gasteiger partial charge in [0.25, 0.3) is 0 Å². The van der Waals surface area contributed by atoms with E-state index in [2.05, 4.69) is 69.1 Å². The van der Waals surface area contributed by atoms with Crippen molar-refractivity contribution in [2.45, 2.75) is 96.7 Å². The van der Waals surface area contributed by atoms with E-state index in [4.69, 9.17) is 24.2 Å². The summed E-state index contributed by atoms with van der Waals surface area (Å²) in [5.74, 6) is 2.28. The van der Waals surface area contributed by atoms with Gasteiger partial charge >= 0.3 is 12.2 Å². The van der Waals surface area contributed by atoms with Gasteiger partial charge in [0.15, 0.2) is 0 Å². The third-order valence-corrected chi connectivity index (χ3v) is 10.9. The summed E-state index contributed by atoms with van der Waals surface area (Å²) in [7, 11) is 0. The summed E-state index contributed by atoms with van der Waals surface area (Å²) in [5, 5.41) is 1.07. The number of aromatic nitrogens is 5. The van der Waals surface area contributed by atoms with Crippen LogP contribution < -0.4 is 4.74 Å². The number of ether oxygens (including phenoxy) is 3. The number of nitrogens with zero attached hydrogens (tertiary/aromatic N) is 5. The Labute approximate surface area is 332 Å². The van der Waals surface area contributed by atoms with Crippen LogP contribution in [-0.2, 0) is 9.47 Å². The quantitative estimate of drug-likeness (QED) is 0.179. The van der Waals surface area contributed by atoms with Gasteiger partial charge in [-0.25, -0.2) is 19.6 Å². The molecule has 3 aliphatic rings. The number of carbonyl (C=O) groups excluding carboxylic acids is 2. The lowest BCUT2D eigenvalue weighted by atomic mass is 10.0. The van der Waals surface area contributed by atoms with Crippen LogP contribution in [0.4, 0.5) is 9.59 Å². The number of likely N-dealkylation sites (tertiary alicyclic amines) is 2. The lowest BCUT2D eigenvalue weighted by molar-refractivity contribution is 0.0208. The fraction of sp³-hybridized carbons (Fsp3) is 0.378. The Kier molecular flexibility index (Phi) is 8.90. The van der Waals surface area contributed by atoms with Gasteiger partial charge in [-0.2, -0.15) is 0 Å². The van der Waals surface area contributed by atoms with Gasteiger partial charge in [-0.3, -0.25) is 9.80 Å². The molecule has 2 fully saturated rings. The molecule has 3 atom stereocenters. The predicted molar refractivity (Wildman–Crippen MR) is 218 cm³/mol. The summed E-state index contributed by atoms with van der Waals surface area (Å²) in [6.45, 7) is 12.6. The number of H-pyrrole nitrogens is 2. The second kappa shape index (κ2) is 13.9. The van der Waals surface area contributed by atoms with Crippen molar-refractivity contribution in [1.82, 2.24) is 34.3 Å². The molecule has 2 N–H and O–H groups in total. The number of amides is 2. The van der Waals surface area contributed by atoms with Crippen LogP contribution in [0.15, 0.2) is 85.2 Å². The molecule has 9 rings (SSSR count). The van der Waals surface area contributed by atoms with Crippen LogP contribution in [0.5, 0.6) is 5.75 Å². The van der Waals surface area contributed by atoms with Gasteiger partial charge in [0.05, 0.1) is 47.1 Å².